The van der Waals surface area contributed by atoms with Gasteiger partial charge in [-0.2, -0.15) is 0 Å². The van der Waals surface area contributed by atoms with E-state index in [1.54, 1.807) is 0 Å². The van der Waals surface area contributed by atoms with Crippen molar-refractivity contribution < 1.29 is 9.59 Å². The van der Waals surface area contributed by atoms with Crippen LogP contribution in [0.2, 0.25) is 0 Å². The average molecular weight is 330 g/mol. The number of imidazole rings is 1. The normalized spacial score (nSPS) is 27.8. The smallest absolute Gasteiger partial charge is 0.228 e. The monoisotopic (exact) mass is 330 g/mol. The molecule has 0 unspecified atom stereocenters. The largest absolute Gasteiger partial charge is 0.342 e. The first kappa shape index (κ1) is 15.7. The van der Waals surface area contributed by atoms with Gasteiger partial charge in [0, 0.05) is 45.0 Å². The molecule has 0 radical (unpaired) electrons. The molecule has 130 valence electrons. The number of hydrogen-bond acceptors (Lipinski definition) is 3. The minimum atomic E-state index is -0.140. The van der Waals surface area contributed by atoms with Crippen LogP contribution in [0.1, 0.15) is 44.0 Å². The van der Waals surface area contributed by atoms with E-state index in [0.29, 0.717) is 24.9 Å². The van der Waals surface area contributed by atoms with Gasteiger partial charge in [0.25, 0.3) is 0 Å². The van der Waals surface area contributed by atoms with Crippen molar-refractivity contribution in [1.82, 2.24) is 19.4 Å². The molecular weight excluding hydrogens is 304 g/mol. The van der Waals surface area contributed by atoms with E-state index in [1.807, 2.05) is 29.1 Å². The van der Waals surface area contributed by atoms with Crippen LogP contribution in [-0.4, -0.2) is 57.3 Å². The predicted molar refractivity (Wildman–Crippen MR) is 89.2 cm³/mol. The lowest BCUT2D eigenvalue weighted by molar-refractivity contribution is -0.137. The molecule has 6 heteroatoms. The van der Waals surface area contributed by atoms with Crippen LogP contribution in [-0.2, 0) is 9.59 Å². The number of carbonyl (C=O) groups is 2. The molecular formula is C18H26N4O2. The van der Waals surface area contributed by atoms with E-state index in [4.69, 9.17) is 0 Å². The van der Waals surface area contributed by atoms with Crippen LogP contribution < -0.4 is 0 Å². The van der Waals surface area contributed by atoms with Crippen LogP contribution in [0.5, 0.6) is 0 Å². The van der Waals surface area contributed by atoms with Crippen molar-refractivity contribution in [1.29, 1.82) is 0 Å². The van der Waals surface area contributed by atoms with E-state index in [9.17, 15) is 9.59 Å². The first-order valence-corrected chi connectivity index (χ1v) is 9.18. The zero-order valence-electron chi connectivity index (χ0n) is 14.4. The van der Waals surface area contributed by atoms with Gasteiger partial charge in [0.15, 0.2) is 0 Å². The van der Waals surface area contributed by atoms with Gasteiger partial charge < -0.3 is 14.4 Å². The van der Waals surface area contributed by atoms with Crippen LogP contribution in [0.15, 0.2) is 12.4 Å². The van der Waals surface area contributed by atoms with E-state index in [1.165, 1.54) is 12.8 Å². The highest BCUT2D eigenvalue weighted by molar-refractivity contribution is 5.89. The number of hydrogen-bond donors (Lipinski definition) is 0. The van der Waals surface area contributed by atoms with Gasteiger partial charge in [-0.3, -0.25) is 9.59 Å². The van der Waals surface area contributed by atoms with Gasteiger partial charge in [-0.25, -0.2) is 4.98 Å². The fourth-order valence-corrected chi connectivity index (χ4v) is 4.14. The molecule has 24 heavy (non-hydrogen) atoms. The number of amides is 2. The summed E-state index contributed by atoms with van der Waals surface area (Å²) in [5.41, 5.74) is 0. The molecule has 6 nitrogen and oxygen atoms in total. The molecule has 1 saturated carbocycles. The Bertz CT molecular complexity index is 637. The van der Waals surface area contributed by atoms with Crippen LogP contribution in [0.25, 0.3) is 0 Å². The molecule has 4 rings (SSSR count). The molecule has 3 fully saturated rings. The third-order valence-electron chi connectivity index (χ3n) is 5.70. The number of carbonyl (C=O) groups excluding carboxylic acids is 2. The van der Waals surface area contributed by atoms with Crippen LogP contribution in [0.4, 0.5) is 0 Å². The Labute approximate surface area is 142 Å². The minimum absolute atomic E-state index is 0.140. The molecule has 2 amide bonds. The van der Waals surface area contributed by atoms with Crippen LogP contribution in [0.3, 0.4) is 0 Å². The first-order chi connectivity index (χ1) is 11.6. The summed E-state index contributed by atoms with van der Waals surface area (Å²) in [6, 6.07) is 0.310. The van der Waals surface area contributed by atoms with Gasteiger partial charge in [-0.15, -0.1) is 0 Å². The summed E-state index contributed by atoms with van der Waals surface area (Å²) in [4.78, 5) is 33.3. The fraction of sp³-hybridized carbons (Fsp3) is 0.722. The fourth-order valence-electron chi connectivity index (χ4n) is 4.14. The summed E-state index contributed by atoms with van der Waals surface area (Å²) in [5.74, 6) is 1.88. The van der Waals surface area contributed by atoms with Crippen molar-refractivity contribution in [3.63, 3.8) is 0 Å². The molecule has 0 N–H and O–H groups in total. The van der Waals surface area contributed by atoms with E-state index in [-0.39, 0.29) is 17.7 Å². The van der Waals surface area contributed by atoms with E-state index in [0.717, 1.165) is 38.3 Å². The van der Waals surface area contributed by atoms with Gasteiger partial charge in [-0.1, -0.05) is 0 Å². The van der Waals surface area contributed by atoms with E-state index < -0.39 is 0 Å². The van der Waals surface area contributed by atoms with E-state index in [2.05, 4.69) is 9.55 Å². The lowest BCUT2D eigenvalue weighted by atomic mass is 10.0. The van der Waals surface area contributed by atoms with Crippen molar-refractivity contribution in [2.45, 2.75) is 45.1 Å². The maximum atomic E-state index is 12.9. The van der Waals surface area contributed by atoms with Gasteiger partial charge in [0.05, 0.1) is 12.0 Å². The number of likely N-dealkylation sites (tertiary alicyclic amines) is 2. The standard InChI is InChI=1S/C18H26N4O2/c1-13-19-6-8-22(13)16-3-2-7-20(12-16)18(24)15-9-17(23)21(11-15)10-14-4-5-14/h6,8,14-16H,2-5,7,9-12H2,1H3/t15-,16+/m1/s1. The summed E-state index contributed by atoms with van der Waals surface area (Å²) in [7, 11) is 0. The lowest BCUT2D eigenvalue weighted by Gasteiger charge is -2.35. The average Bonchev–Trinajstić information content (AvgIpc) is 3.18. The lowest BCUT2D eigenvalue weighted by Crippen LogP contribution is -2.44. The zero-order chi connectivity index (χ0) is 16.7. The molecule has 0 spiro atoms. The van der Waals surface area contributed by atoms with Crippen molar-refractivity contribution in [3.8, 4) is 0 Å². The van der Waals surface area contributed by atoms with Gasteiger partial charge in [0.2, 0.25) is 11.8 Å². The summed E-state index contributed by atoms with van der Waals surface area (Å²) < 4.78 is 2.18. The summed E-state index contributed by atoms with van der Waals surface area (Å²) in [5, 5.41) is 0. The SMILES string of the molecule is Cc1nccn1[C@H]1CCCN(C(=O)[C@@H]2CC(=O)N(CC3CC3)C2)C1. The Hall–Kier alpha value is -1.85. The Balaban J connectivity index is 1.39. The minimum Gasteiger partial charge on any atom is -0.342 e. The van der Waals surface area contributed by atoms with Crippen molar-refractivity contribution in [2.24, 2.45) is 11.8 Å². The second-order valence-electron chi connectivity index (χ2n) is 7.61. The second-order valence-corrected chi connectivity index (χ2v) is 7.61. The number of nitrogens with zero attached hydrogens (tertiary/aromatic N) is 4. The van der Waals surface area contributed by atoms with Crippen molar-refractivity contribution in [3.05, 3.63) is 18.2 Å². The molecule has 3 aliphatic rings. The molecule has 2 atom stereocenters. The Morgan fingerprint density at radius 3 is 2.83 bits per heavy atom. The third kappa shape index (κ3) is 3.06. The summed E-state index contributed by atoms with van der Waals surface area (Å²) >= 11 is 0. The Morgan fingerprint density at radius 1 is 1.29 bits per heavy atom. The second kappa shape index (κ2) is 6.22. The van der Waals surface area contributed by atoms with Crippen molar-refractivity contribution >= 4 is 11.8 Å². The molecule has 0 bridgehead atoms. The number of piperidine rings is 1. The van der Waals surface area contributed by atoms with Crippen LogP contribution >= 0.6 is 0 Å². The maximum Gasteiger partial charge on any atom is 0.228 e. The topological polar surface area (TPSA) is 58.4 Å². The molecule has 2 saturated heterocycles. The van der Waals surface area contributed by atoms with E-state index >= 15 is 0 Å². The maximum absolute atomic E-state index is 12.9. The Kier molecular flexibility index (Phi) is 4.06. The number of aryl methyl sites for hydroxylation is 1. The van der Waals surface area contributed by atoms with Gasteiger partial charge >= 0.3 is 0 Å². The Morgan fingerprint density at radius 2 is 2.12 bits per heavy atom. The van der Waals surface area contributed by atoms with Gasteiger partial charge in [-0.05, 0) is 38.5 Å². The highest BCUT2D eigenvalue weighted by Crippen LogP contribution is 2.33. The zero-order valence-corrected chi connectivity index (χ0v) is 14.4. The summed E-state index contributed by atoms with van der Waals surface area (Å²) in [6.45, 7) is 5.05. The van der Waals surface area contributed by atoms with Crippen molar-refractivity contribution in [2.75, 3.05) is 26.2 Å². The summed E-state index contributed by atoms with van der Waals surface area (Å²) in [6.07, 6.45) is 8.79. The molecule has 3 heterocycles. The highest BCUT2D eigenvalue weighted by atomic mass is 16.2. The number of aromatic nitrogens is 2. The molecule has 2 aliphatic heterocycles. The van der Waals surface area contributed by atoms with Crippen LogP contribution in [0, 0.1) is 18.8 Å². The molecule has 0 aromatic carbocycles. The van der Waals surface area contributed by atoms with Gasteiger partial charge in [0.1, 0.15) is 5.82 Å². The molecule has 1 aliphatic carbocycles. The number of rotatable bonds is 4. The molecule has 1 aromatic heterocycles. The first-order valence-electron chi connectivity index (χ1n) is 9.18. The molecule has 1 aromatic rings. The quantitative estimate of drug-likeness (QED) is 0.843. The predicted octanol–water partition coefficient (Wildman–Crippen LogP) is 1.61. The third-order valence-corrected chi connectivity index (χ3v) is 5.70. The highest BCUT2D eigenvalue weighted by Gasteiger charge is 2.39.